The Bertz CT molecular complexity index is 270. The first-order valence-corrected chi connectivity index (χ1v) is 5.17. The summed E-state index contributed by atoms with van der Waals surface area (Å²) in [7, 11) is 0. The van der Waals surface area contributed by atoms with Gasteiger partial charge in [-0.3, -0.25) is 0 Å². The highest BCUT2D eigenvalue weighted by Crippen LogP contribution is 2.25. The van der Waals surface area contributed by atoms with Crippen LogP contribution in [-0.2, 0) is 0 Å². The molecule has 0 saturated carbocycles. The molecule has 0 amide bonds. The third-order valence-corrected chi connectivity index (χ3v) is 1.95. The number of hydrogen-bond acceptors (Lipinski definition) is 0. The average Bonchev–Trinajstić information content (AvgIpc) is 2.95. The van der Waals surface area contributed by atoms with Gasteiger partial charge < -0.3 is 0 Å². The molecule has 2 aliphatic rings. The second-order valence-electron chi connectivity index (χ2n) is 3.06. The van der Waals surface area contributed by atoms with Gasteiger partial charge in [0.15, 0.2) is 0 Å². The van der Waals surface area contributed by atoms with Crippen molar-refractivity contribution in [2.45, 2.75) is 19.8 Å². The molecule has 0 heterocycles. The van der Waals surface area contributed by atoms with E-state index in [2.05, 4.69) is 56.2 Å². The molecule has 2 aliphatic carbocycles. The Morgan fingerprint density at radius 2 is 1.33 bits per heavy atom. The molecular weight excluding hydrogens is 180 g/mol. The molecule has 0 aromatic rings. The first-order valence-electron chi connectivity index (χ1n) is 5.17. The summed E-state index contributed by atoms with van der Waals surface area (Å²) in [6.45, 7) is 11.2. The molecule has 0 nitrogen and oxygen atoms in total. The van der Waals surface area contributed by atoms with E-state index < -0.39 is 0 Å². The Morgan fingerprint density at radius 1 is 1.00 bits per heavy atom. The Labute approximate surface area is 93.7 Å². The normalized spacial score (nSPS) is 15.5. The van der Waals surface area contributed by atoms with Crippen LogP contribution in [0.25, 0.3) is 0 Å². The topological polar surface area (TPSA) is 0 Å². The van der Waals surface area contributed by atoms with E-state index in [4.69, 9.17) is 0 Å². The molecule has 80 valence electrons. The SMILES string of the molecule is C1=CCC(C2=CC=CC2)=C1.C=C.C=CC. The van der Waals surface area contributed by atoms with E-state index in [-0.39, 0.29) is 0 Å². The summed E-state index contributed by atoms with van der Waals surface area (Å²) >= 11 is 0. The van der Waals surface area contributed by atoms with Crippen LogP contribution in [-0.4, -0.2) is 0 Å². The van der Waals surface area contributed by atoms with E-state index in [1.165, 1.54) is 11.1 Å². The fourth-order valence-electron chi connectivity index (χ4n) is 1.37. The van der Waals surface area contributed by atoms with Crippen molar-refractivity contribution in [1.82, 2.24) is 0 Å². The molecule has 15 heavy (non-hydrogen) atoms. The second-order valence-corrected chi connectivity index (χ2v) is 3.06. The van der Waals surface area contributed by atoms with Crippen LogP contribution >= 0.6 is 0 Å². The fourth-order valence-corrected chi connectivity index (χ4v) is 1.37. The third kappa shape index (κ3) is 5.02. The van der Waals surface area contributed by atoms with Gasteiger partial charge in [0.1, 0.15) is 0 Å². The minimum absolute atomic E-state index is 1.13. The summed E-state index contributed by atoms with van der Waals surface area (Å²) < 4.78 is 0. The summed E-state index contributed by atoms with van der Waals surface area (Å²) in [6.07, 6.45) is 17.1. The predicted molar refractivity (Wildman–Crippen MR) is 70.8 cm³/mol. The molecule has 0 unspecified atom stereocenters. The van der Waals surface area contributed by atoms with E-state index in [9.17, 15) is 0 Å². The van der Waals surface area contributed by atoms with Crippen molar-refractivity contribution in [3.63, 3.8) is 0 Å². The van der Waals surface area contributed by atoms with Crippen LogP contribution in [0.1, 0.15) is 19.8 Å². The maximum atomic E-state index is 3.36. The second kappa shape index (κ2) is 9.01. The van der Waals surface area contributed by atoms with Gasteiger partial charge in [-0.25, -0.2) is 0 Å². The van der Waals surface area contributed by atoms with Crippen molar-refractivity contribution < 1.29 is 0 Å². The molecule has 0 radical (unpaired) electrons. The number of rotatable bonds is 1. The Balaban J connectivity index is 0.000000342. The summed E-state index contributed by atoms with van der Waals surface area (Å²) in [5.41, 5.74) is 2.98. The Kier molecular flexibility index (Phi) is 8.08. The van der Waals surface area contributed by atoms with E-state index in [1.807, 2.05) is 6.92 Å². The zero-order valence-corrected chi connectivity index (χ0v) is 9.58. The lowest BCUT2D eigenvalue weighted by molar-refractivity contribution is 1.18. The molecule has 0 bridgehead atoms. The lowest BCUT2D eigenvalue weighted by Gasteiger charge is -1.99. The number of allylic oxidation sites excluding steroid dienone is 9. The zero-order chi connectivity index (χ0) is 11.5. The van der Waals surface area contributed by atoms with Gasteiger partial charge in [0.2, 0.25) is 0 Å². The van der Waals surface area contributed by atoms with E-state index in [0.717, 1.165) is 12.8 Å². The van der Waals surface area contributed by atoms with E-state index in [0.29, 0.717) is 0 Å². The van der Waals surface area contributed by atoms with Gasteiger partial charge in [-0.15, -0.1) is 19.7 Å². The van der Waals surface area contributed by atoms with Crippen LogP contribution in [0.3, 0.4) is 0 Å². The molecule has 0 aromatic heterocycles. The number of hydrogen-bond donors (Lipinski definition) is 0. The summed E-state index contributed by atoms with van der Waals surface area (Å²) in [5.74, 6) is 0. The van der Waals surface area contributed by atoms with Gasteiger partial charge in [0, 0.05) is 0 Å². The van der Waals surface area contributed by atoms with Crippen LogP contribution < -0.4 is 0 Å². The van der Waals surface area contributed by atoms with Gasteiger partial charge in [-0.2, -0.15) is 0 Å². The predicted octanol–water partition coefficient (Wildman–Crippen LogP) is 4.75. The fraction of sp³-hybridized carbons (Fsp3) is 0.200. The summed E-state index contributed by atoms with van der Waals surface area (Å²) in [6, 6.07) is 0. The van der Waals surface area contributed by atoms with Crippen molar-refractivity contribution in [3.8, 4) is 0 Å². The maximum Gasteiger partial charge on any atom is -0.00915 e. The standard InChI is InChI=1S/C10H10.C3H6.C2H4/c1-2-6-9(5-1)10-7-3-4-8-10;1-3-2;1-2/h1-5,7H,6,8H2;3H,1H2,2H3;1-2H2. The third-order valence-electron chi connectivity index (χ3n) is 1.95. The van der Waals surface area contributed by atoms with Crippen LogP contribution in [0.15, 0.2) is 73.4 Å². The van der Waals surface area contributed by atoms with Crippen molar-refractivity contribution in [2.75, 3.05) is 0 Å². The Hall–Kier alpha value is -1.56. The smallest absolute Gasteiger partial charge is 0.00915 e. The molecule has 0 spiro atoms. The summed E-state index contributed by atoms with van der Waals surface area (Å²) in [5, 5.41) is 0. The highest BCUT2D eigenvalue weighted by Gasteiger charge is 2.05. The highest BCUT2D eigenvalue weighted by atomic mass is 14.1. The molecule has 0 saturated heterocycles. The molecule has 0 fully saturated rings. The van der Waals surface area contributed by atoms with Gasteiger partial charge in [0.05, 0.1) is 0 Å². The average molecular weight is 200 g/mol. The molecule has 0 atom stereocenters. The van der Waals surface area contributed by atoms with Crippen molar-refractivity contribution in [2.24, 2.45) is 0 Å². The molecule has 0 aliphatic heterocycles. The quantitative estimate of drug-likeness (QED) is 0.536. The van der Waals surface area contributed by atoms with E-state index in [1.54, 1.807) is 6.08 Å². The maximum absolute atomic E-state index is 3.36. The zero-order valence-electron chi connectivity index (χ0n) is 9.58. The van der Waals surface area contributed by atoms with E-state index >= 15 is 0 Å². The monoisotopic (exact) mass is 200 g/mol. The van der Waals surface area contributed by atoms with Gasteiger partial charge in [0.25, 0.3) is 0 Å². The molecule has 0 N–H and O–H groups in total. The molecule has 0 aromatic carbocycles. The molecule has 0 heteroatoms. The lowest BCUT2D eigenvalue weighted by Crippen LogP contribution is -1.80. The van der Waals surface area contributed by atoms with Gasteiger partial charge in [-0.05, 0) is 30.9 Å². The van der Waals surface area contributed by atoms with Crippen LogP contribution in [0.5, 0.6) is 0 Å². The molecule has 2 rings (SSSR count). The van der Waals surface area contributed by atoms with Crippen molar-refractivity contribution in [1.29, 1.82) is 0 Å². The minimum Gasteiger partial charge on any atom is -0.106 e. The minimum atomic E-state index is 1.13. The first kappa shape index (κ1) is 13.4. The van der Waals surface area contributed by atoms with Crippen LogP contribution in [0.2, 0.25) is 0 Å². The first-order chi connectivity index (χ1) is 7.38. The summed E-state index contributed by atoms with van der Waals surface area (Å²) in [4.78, 5) is 0. The van der Waals surface area contributed by atoms with Crippen molar-refractivity contribution >= 4 is 0 Å². The van der Waals surface area contributed by atoms with Crippen molar-refractivity contribution in [3.05, 3.63) is 73.4 Å². The highest BCUT2D eigenvalue weighted by molar-refractivity contribution is 5.44. The van der Waals surface area contributed by atoms with Crippen LogP contribution in [0.4, 0.5) is 0 Å². The van der Waals surface area contributed by atoms with Crippen LogP contribution in [0, 0.1) is 0 Å². The Morgan fingerprint density at radius 3 is 1.53 bits per heavy atom. The van der Waals surface area contributed by atoms with Gasteiger partial charge in [-0.1, -0.05) is 42.5 Å². The molecular formula is C15H20. The lowest BCUT2D eigenvalue weighted by atomic mass is 10.1. The van der Waals surface area contributed by atoms with Gasteiger partial charge >= 0.3 is 0 Å². The largest absolute Gasteiger partial charge is 0.106 e.